The largest absolute Gasteiger partial charge is 0.271 e. The molecule has 2 aromatic rings. The minimum atomic E-state index is -0.146. The second-order valence-corrected chi connectivity index (χ2v) is 6.33. The molecule has 1 unspecified atom stereocenters. The average molecular weight is 392 g/mol. The first-order valence-electron chi connectivity index (χ1n) is 6.59. The highest BCUT2D eigenvalue weighted by atomic mass is 79.9. The lowest BCUT2D eigenvalue weighted by molar-refractivity contribution is 0.529. The summed E-state index contributed by atoms with van der Waals surface area (Å²) in [6.45, 7) is 2.07. The zero-order valence-electron chi connectivity index (χ0n) is 11.8. The van der Waals surface area contributed by atoms with E-state index in [0.29, 0.717) is 16.5 Å². The summed E-state index contributed by atoms with van der Waals surface area (Å²) in [6.07, 6.45) is 1.52. The number of halogens is 3. The predicted molar refractivity (Wildman–Crippen MR) is 90.5 cm³/mol. The molecule has 0 aliphatic carbocycles. The maximum atomic E-state index is 6.28. The number of hydrogen-bond donors (Lipinski definition) is 2. The standard InChI is InChI=1S/C14H17BrCl2N4/c1-3-10-13(15)12(21(2)20-10)7-11(19-18)8-5-4-6-9(16)14(8)17/h4-6,11,19H,3,7,18H2,1-2H3. The van der Waals surface area contributed by atoms with Crippen molar-refractivity contribution in [2.45, 2.75) is 25.8 Å². The van der Waals surface area contributed by atoms with Crippen LogP contribution in [0.25, 0.3) is 0 Å². The molecular weight excluding hydrogens is 375 g/mol. The minimum absolute atomic E-state index is 0.146. The first kappa shape index (κ1) is 16.8. The fourth-order valence-corrected chi connectivity index (χ4v) is 3.50. The monoisotopic (exact) mass is 390 g/mol. The summed E-state index contributed by atoms with van der Waals surface area (Å²) < 4.78 is 2.89. The van der Waals surface area contributed by atoms with Gasteiger partial charge in [-0.05, 0) is 34.0 Å². The van der Waals surface area contributed by atoms with Crippen LogP contribution in [0.5, 0.6) is 0 Å². The van der Waals surface area contributed by atoms with Crippen LogP contribution in [-0.2, 0) is 19.9 Å². The molecule has 1 heterocycles. The summed E-state index contributed by atoms with van der Waals surface area (Å²) in [4.78, 5) is 0. The zero-order valence-corrected chi connectivity index (χ0v) is 14.9. The van der Waals surface area contributed by atoms with Gasteiger partial charge in [-0.3, -0.25) is 16.0 Å². The maximum absolute atomic E-state index is 6.28. The molecule has 3 N–H and O–H groups in total. The SMILES string of the molecule is CCc1nn(C)c(CC(NN)c2cccc(Cl)c2Cl)c1Br. The Morgan fingerprint density at radius 1 is 1.43 bits per heavy atom. The summed E-state index contributed by atoms with van der Waals surface area (Å²) >= 11 is 16.0. The van der Waals surface area contributed by atoms with Gasteiger partial charge in [0.1, 0.15) is 0 Å². The summed E-state index contributed by atoms with van der Waals surface area (Å²) in [6, 6.07) is 5.40. The third kappa shape index (κ3) is 3.43. The van der Waals surface area contributed by atoms with Crippen LogP contribution in [0.1, 0.15) is 29.9 Å². The van der Waals surface area contributed by atoms with Gasteiger partial charge in [-0.1, -0.05) is 42.3 Å². The van der Waals surface area contributed by atoms with Gasteiger partial charge < -0.3 is 0 Å². The van der Waals surface area contributed by atoms with Crippen LogP contribution in [0.4, 0.5) is 0 Å². The maximum Gasteiger partial charge on any atom is 0.0766 e. The lowest BCUT2D eigenvalue weighted by Gasteiger charge is -2.18. The number of nitrogens with zero attached hydrogens (tertiary/aromatic N) is 2. The van der Waals surface area contributed by atoms with Gasteiger partial charge in [0.2, 0.25) is 0 Å². The van der Waals surface area contributed by atoms with E-state index < -0.39 is 0 Å². The highest BCUT2D eigenvalue weighted by Crippen LogP contribution is 2.33. The lowest BCUT2D eigenvalue weighted by Crippen LogP contribution is -2.30. The van der Waals surface area contributed by atoms with E-state index in [1.54, 1.807) is 6.07 Å². The van der Waals surface area contributed by atoms with Crippen LogP contribution >= 0.6 is 39.1 Å². The van der Waals surface area contributed by atoms with E-state index in [0.717, 1.165) is 27.8 Å². The Kier molecular flexibility index (Phi) is 5.68. The molecule has 1 atom stereocenters. The second-order valence-electron chi connectivity index (χ2n) is 4.75. The van der Waals surface area contributed by atoms with Gasteiger partial charge in [0.05, 0.1) is 31.9 Å². The Bertz CT molecular complexity index is 642. The molecule has 2 rings (SSSR count). The first-order chi connectivity index (χ1) is 9.99. The quantitative estimate of drug-likeness (QED) is 0.602. The molecular formula is C14H17BrCl2N4. The highest BCUT2D eigenvalue weighted by Gasteiger charge is 2.20. The summed E-state index contributed by atoms with van der Waals surface area (Å²) in [5, 5.41) is 5.54. The van der Waals surface area contributed by atoms with E-state index in [9.17, 15) is 0 Å². The molecule has 0 saturated carbocycles. The lowest BCUT2D eigenvalue weighted by atomic mass is 10.0. The van der Waals surface area contributed by atoms with E-state index in [-0.39, 0.29) is 6.04 Å². The van der Waals surface area contributed by atoms with Gasteiger partial charge in [0, 0.05) is 13.5 Å². The third-order valence-electron chi connectivity index (χ3n) is 3.46. The van der Waals surface area contributed by atoms with Crippen molar-refractivity contribution < 1.29 is 0 Å². The van der Waals surface area contributed by atoms with Gasteiger partial charge in [-0.25, -0.2) is 0 Å². The average Bonchev–Trinajstić information content (AvgIpc) is 2.74. The van der Waals surface area contributed by atoms with Crippen molar-refractivity contribution >= 4 is 39.1 Å². The molecule has 0 bridgehead atoms. The van der Waals surface area contributed by atoms with E-state index in [1.807, 2.05) is 23.9 Å². The van der Waals surface area contributed by atoms with Gasteiger partial charge in [-0.15, -0.1) is 0 Å². The first-order valence-corrected chi connectivity index (χ1v) is 8.14. The zero-order chi connectivity index (χ0) is 15.6. The van der Waals surface area contributed by atoms with Gasteiger partial charge in [0.15, 0.2) is 0 Å². The van der Waals surface area contributed by atoms with Crippen LogP contribution in [0.15, 0.2) is 22.7 Å². The van der Waals surface area contributed by atoms with Crippen molar-refractivity contribution in [3.05, 3.63) is 49.7 Å². The number of benzene rings is 1. The Balaban J connectivity index is 2.36. The van der Waals surface area contributed by atoms with Crippen LogP contribution in [0.2, 0.25) is 10.0 Å². The van der Waals surface area contributed by atoms with E-state index in [1.165, 1.54) is 0 Å². The summed E-state index contributed by atoms with van der Waals surface area (Å²) in [7, 11) is 1.92. The van der Waals surface area contributed by atoms with Crippen molar-refractivity contribution in [2.75, 3.05) is 0 Å². The molecule has 114 valence electrons. The minimum Gasteiger partial charge on any atom is -0.271 e. The van der Waals surface area contributed by atoms with Crippen LogP contribution < -0.4 is 11.3 Å². The molecule has 0 fully saturated rings. The summed E-state index contributed by atoms with van der Waals surface area (Å²) in [5.74, 6) is 5.71. The molecule has 7 heteroatoms. The Hall–Kier alpha value is -0.590. The van der Waals surface area contributed by atoms with Gasteiger partial charge >= 0.3 is 0 Å². The number of hydrazine groups is 1. The fourth-order valence-electron chi connectivity index (χ4n) is 2.28. The molecule has 21 heavy (non-hydrogen) atoms. The number of hydrogen-bond acceptors (Lipinski definition) is 3. The third-order valence-corrected chi connectivity index (χ3v) is 5.21. The Morgan fingerprint density at radius 3 is 2.71 bits per heavy atom. The van der Waals surface area contributed by atoms with E-state index in [4.69, 9.17) is 29.0 Å². The molecule has 0 aliphatic rings. The Morgan fingerprint density at radius 2 is 2.14 bits per heavy atom. The number of rotatable bonds is 5. The Labute approximate surface area is 142 Å². The normalized spacial score (nSPS) is 12.7. The van der Waals surface area contributed by atoms with Crippen LogP contribution in [0.3, 0.4) is 0 Å². The fraction of sp³-hybridized carbons (Fsp3) is 0.357. The number of aryl methyl sites for hydroxylation is 2. The van der Waals surface area contributed by atoms with Crippen molar-refractivity contribution in [3.8, 4) is 0 Å². The van der Waals surface area contributed by atoms with Crippen LogP contribution in [-0.4, -0.2) is 9.78 Å². The van der Waals surface area contributed by atoms with E-state index >= 15 is 0 Å². The van der Waals surface area contributed by atoms with Crippen molar-refractivity contribution in [3.63, 3.8) is 0 Å². The van der Waals surface area contributed by atoms with Crippen molar-refractivity contribution in [2.24, 2.45) is 12.9 Å². The van der Waals surface area contributed by atoms with Gasteiger partial charge in [0.25, 0.3) is 0 Å². The predicted octanol–water partition coefficient (Wildman–Crippen LogP) is 3.80. The van der Waals surface area contributed by atoms with Crippen LogP contribution in [0, 0.1) is 0 Å². The summed E-state index contributed by atoms with van der Waals surface area (Å²) in [5.41, 5.74) is 5.77. The number of nitrogens with one attached hydrogen (secondary N) is 1. The molecule has 0 spiro atoms. The smallest absolute Gasteiger partial charge is 0.0766 e. The molecule has 1 aromatic heterocycles. The van der Waals surface area contributed by atoms with Crippen molar-refractivity contribution in [1.29, 1.82) is 0 Å². The van der Waals surface area contributed by atoms with Crippen molar-refractivity contribution in [1.82, 2.24) is 15.2 Å². The molecule has 4 nitrogen and oxygen atoms in total. The number of aromatic nitrogens is 2. The molecule has 0 aliphatic heterocycles. The van der Waals surface area contributed by atoms with Gasteiger partial charge in [-0.2, -0.15) is 5.10 Å². The number of nitrogens with two attached hydrogens (primary N) is 1. The van der Waals surface area contributed by atoms with E-state index in [2.05, 4.69) is 33.4 Å². The second kappa shape index (κ2) is 7.11. The molecule has 0 amide bonds. The molecule has 0 saturated heterocycles. The molecule has 1 aromatic carbocycles. The topological polar surface area (TPSA) is 55.9 Å². The molecule has 0 radical (unpaired) electrons. The highest BCUT2D eigenvalue weighted by molar-refractivity contribution is 9.10.